The average molecular weight is 312 g/mol. The SMILES string of the molecule is CCC(CC)NC(=O)/C=C/c1c(C)nn(CC(C)C)c1Cl. The predicted molar refractivity (Wildman–Crippen MR) is 88.4 cm³/mol. The first-order chi connectivity index (χ1) is 9.88. The van der Waals surface area contributed by atoms with E-state index in [0.29, 0.717) is 11.1 Å². The van der Waals surface area contributed by atoms with Crippen molar-refractivity contribution in [3.8, 4) is 0 Å². The quantitative estimate of drug-likeness (QED) is 0.778. The molecule has 1 amide bonds. The number of halogens is 1. The molecule has 1 heterocycles. The van der Waals surface area contributed by atoms with E-state index < -0.39 is 0 Å². The van der Waals surface area contributed by atoms with Crippen LogP contribution in [0, 0.1) is 12.8 Å². The summed E-state index contributed by atoms with van der Waals surface area (Å²) in [6.45, 7) is 11.0. The third-order valence-corrected chi connectivity index (χ3v) is 3.78. The third-order valence-electron chi connectivity index (χ3n) is 3.38. The molecule has 1 aromatic rings. The molecule has 0 aliphatic rings. The van der Waals surface area contributed by atoms with Crippen LogP contribution in [0.3, 0.4) is 0 Å². The van der Waals surface area contributed by atoms with Gasteiger partial charge in [0.05, 0.1) is 5.69 Å². The first-order valence-electron chi connectivity index (χ1n) is 7.60. The second-order valence-electron chi connectivity index (χ2n) is 5.72. The zero-order valence-corrected chi connectivity index (χ0v) is 14.4. The van der Waals surface area contributed by atoms with Gasteiger partial charge in [0, 0.05) is 24.2 Å². The fourth-order valence-electron chi connectivity index (χ4n) is 2.12. The number of nitrogens with zero attached hydrogens (tertiary/aromatic N) is 2. The number of hydrogen-bond acceptors (Lipinski definition) is 2. The molecule has 118 valence electrons. The highest BCUT2D eigenvalue weighted by molar-refractivity contribution is 6.31. The minimum atomic E-state index is -0.0872. The van der Waals surface area contributed by atoms with Crippen LogP contribution in [0.2, 0.25) is 5.15 Å². The van der Waals surface area contributed by atoms with Gasteiger partial charge in [-0.2, -0.15) is 5.10 Å². The number of rotatable bonds is 7. The van der Waals surface area contributed by atoms with Gasteiger partial charge in [0.25, 0.3) is 0 Å². The number of carbonyl (C=O) groups is 1. The lowest BCUT2D eigenvalue weighted by Gasteiger charge is -2.12. The molecule has 4 nitrogen and oxygen atoms in total. The minimum absolute atomic E-state index is 0.0872. The monoisotopic (exact) mass is 311 g/mol. The molecule has 0 fully saturated rings. The van der Waals surface area contributed by atoms with Gasteiger partial charge < -0.3 is 5.32 Å². The van der Waals surface area contributed by atoms with Crippen molar-refractivity contribution in [3.63, 3.8) is 0 Å². The lowest BCUT2D eigenvalue weighted by Crippen LogP contribution is -2.32. The Bertz CT molecular complexity index is 502. The second kappa shape index (κ2) is 8.23. The molecule has 0 radical (unpaired) electrons. The molecule has 0 aliphatic heterocycles. The van der Waals surface area contributed by atoms with E-state index in [-0.39, 0.29) is 11.9 Å². The molecular weight excluding hydrogens is 286 g/mol. The molecule has 0 atom stereocenters. The summed E-state index contributed by atoms with van der Waals surface area (Å²) in [6.07, 6.45) is 5.15. The summed E-state index contributed by atoms with van der Waals surface area (Å²) < 4.78 is 1.79. The van der Waals surface area contributed by atoms with Gasteiger partial charge in [0.1, 0.15) is 5.15 Å². The van der Waals surface area contributed by atoms with Crippen molar-refractivity contribution in [1.29, 1.82) is 0 Å². The highest BCUT2D eigenvalue weighted by Crippen LogP contribution is 2.22. The predicted octanol–water partition coefficient (Wildman–Crippen LogP) is 3.82. The number of hydrogen-bond donors (Lipinski definition) is 1. The van der Waals surface area contributed by atoms with Crippen LogP contribution in [0.4, 0.5) is 0 Å². The van der Waals surface area contributed by atoms with Gasteiger partial charge in [-0.3, -0.25) is 9.48 Å². The normalized spacial score (nSPS) is 11.8. The lowest BCUT2D eigenvalue weighted by atomic mass is 10.1. The molecule has 1 aromatic heterocycles. The van der Waals surface area contributed by atoms with Gasteiger partial charge in [-0.15, -0.1) is 0 Å². The van der Waals surface area contributed by atoms with Crippen LogP contribution >= 0.6 is 11.6 Å². The Balaban J connectivity index is 2.80. The lowest BCUT2D eigenvalue weighted by molar-refractivity contribution is -0.117. The number of nitrogens with one attached hydrogen (secondary N) is 1. The summed E-state index contributed by atoms with van der Waals surface area (Å²) in [5.41, 5.74) is 1.66. The van der Waals surface area contributed by atoms with Crippen LogP contribution in [0.15, 0.2) is 6.08 Å². The first-order valence-corrected chi connectivity index (χ1v) is 7.98. The maximum Gasteiger partial charge on any atom is 0.244 e. The van der Waals surface area contributed by atoms with Crippen molar-refractivity contribution in [1.82, 2.24) is 15.1 Å². The minimum Gasteiger partial charge on any atom is -0.350 e. The Morgan fingerprint density at radius 1 is 1.38 bits per heavy atom. The van der Waals surface area contributed by atoms with E-state index in [1.807, 2.05) is 6.92 Å². The summed E-state index contributed by atoms with van der Waals surface area (Å²) in [4.78, 5) is 11.9. The highest BCUT2D eigenvalue weighted by atomic mass is 35.5. The van der Waals surface area contributed by atoms with Crippen LogP contribution in [-0.4, -0.2) is 21.7 Å². The van der Waals surface area contributed by atoms with E-state index in [2.05, 4.69) is 38.1 Å². The molecule has 1 rings (SSSR count). The standard InChI is InChI=1S/C16H26ClN3O/c1-6-13(7-2)18-15(21)9-8-14-12(5)19-20(16(14)17)10-11(3)4/h8-9,11,13H,6-7,10H2,1-5H3,(H,18,21)/b9-8+. The summed E-state index contributed by atoms with van der Waals surface area (Å²) in [7, 11) is 0. The number of amides is 1. The van der Waals surface area contributed by atoms with E-state index in [9.17, 15) is 4.79 Å². The topological polar surface area (TPSA) is 46.9 Å². The molecule has 0 unspecified atom stereocenters. The van der Waals surface area contributed by atoms with Gasteiger partial charge in [-0.05, 0) is 31.8 Å². The van der Waals surface area contributed by atoms with Crippen LogP contribution in [0.1, 0.15) is 51.8 Å². The van der Waals surface area contributed by atoms with Gasteiger partial charge in [-0.1, -0.05) is 39.3 Å². The smallest absolute Gasteiger partial charge is 0.244 e. The Kier molecular flexibility index (Phi) is 6.96. The van der Waals surface area contributed by atoms with Crippen molar-refractivity contribution < 1.29 is 4.79 Å². The molecule has 0 saturated heterocycles. The fourth-order valence-corrected chi connectivity index (χ4v) is 2.43. The summed E-state index contributed by atoms with van der Waals surface area (Å²) in [6, 6.07) is 0.224. The van der Waals surface area contributed by atoms with Crippen molar-refractivity contribution in [2.24, 2.45) is 5.92 Å². The van der Waals surface area contributed by atoms with E-state index in [4.69, 9.17) is 11.6 Å². The molecule has 5 heteroatoms. The third kappa shape index (κ3) is 5.20. The first kappa shape index (κ1) is 17.8. The fraction of sp³-hybridized carbons (Fsp3) is 0.625. The largest absolute Gasteiger partial charge is 0.350 e. The Labute approximate surface area is 132 Å². The Morgan fingerprint density at radius 3 is 2.52 bits per heavy atom. The van der Waals surface area contributed by atoms with Gasteiger partial charge in [-0.25, -0.2) is 0 Å². The van der Waals surface area contributed by atoms with E-state index in [1.165, 1.54) is 6.08 Å². The molecule has 21 heavy (non-hydrogen) atoms. The maximum atomic E-state index is 11.9. The van der Waals surface area contributed by atoms with Crippen LogP contribution in [-0.2, 0) is 11.3 Å². The average Bonchev–Trinajstić information content (AvgIpc) is 2.68. The number of aromatic nitrogens is 2. The van der Waals surface area contributed by atoms with E-state index >= 15 is 0 Å². The van der Waals surface area contributed by atoms with Gasteiger partial charge >= 0.3 is 0 Å². The molecular formula is C16H26ClN3O. The number of aryl methyl sites for hydroxylation is 1. The van der Waals surface area contributed by atoms with E-state index in [0.717, 1.165) is 30.6 Å². The summed E-state index contributed by atoms with van der Waals surface area (Å²) in [5, 5.41) is 7.98. The summed E-state index contributed by atoms with van der Waals surface area (Å²) in [5.74, 6) is 0.382. The Morgan fingerprint density at radius 2 is 2.00 bits per heavy atom. The zero-order chi connectivity index (χ0) is 16.0. The van der Waals surface area contributed by atoms with Gasteiger partial charge in [0.2, 0.25) is 5.91 Å². The van der Waals surface area contributed by atoms with Crippen molar-refractivity contribution in [2.75, 3.05) is 0 Å². The van der Waals surface area contributed by atoms with Gasteiger partial charge in [0.15, 0.2) is 0 Å². The van der Waals surface area contributed by atoms with Crippen molar-refractivity contribution in [2.45, 2.75) is 60.0 Å². The van der Waals surface area contributed by atoms with Crippen molar-refractivity contribution in [3.05, 3.63) is 22.5 Å². The second-order valence-corrected chi connectivity index (χ2v) is 6.08. The maximum absolute atomic E-state index is 11.9. The molecule has 0 saturated carbocycles. The van der Waals surface area contributed by atoms with Crippen LogP contribution < -0.4 is 5.32 Å². The zero-order valence-electron chi connectivity index (χ0n) is 13.6. The van der Waals surface area contributed by atoms with Crippen LogP contribution in [0.5, 0.6) is 0 Å². The van der Waals surface area contributed by atoms with Crippen molar-refractivity contribution >= 4 is 23.6 Å². The van der Waals surface area contributed by atoms with E-state index in [1.54, 1.807) is 10.8 Å². The Hall–Kier alpha value is -1.29. The molecule has 0 bridgehead atoms. The number of carbonyl (C=O) groups excluding carboxylic acids is 1. The molecule has 0 spiro atoms. The molecule has 1 N–H and O–H groups in total. The molecule has 0 aromatic carbocycles. The van der Waals surface area contributed by atoms with Crippen LogP contribution in [0.25, 0.3) is 6.08 Å². The molecule has 0 aliphatic carbocycles. The summed E-state index contributed by atoms with van der Waals surface area (Å²) >= 11 is 6.33. The highest BCUT2D eigenvalue weighted by Gasteiger charge is 2.12.